The van der Waals surface area contributed by atoms with Crippen LogP contribution in [0.1, 0.15) is 34.3 Å². The van der Waals surface area contributed by atoms with Crippen molar-refractivity contribution in [3.8, 4) is 5.69 Å². The predicted molar refractivity (Wildman–Crippen MR) is 120 cm³/mol. The minimum atomic E-state index is -0.0335. The van der Waals surface area contributed by atoms with Crippen LogP contribution in [0, 0.1) is 6.92 Å². The molecule has 2 aromatic heterocycles. The number of fused-ring (bicyclic) bond motifs is 1. The molecule has 1 atom stereocenters. The molecular weight excluding hydrogens is 402 g/mol. The van der Waals surface area contributed by atoms with Gasteiger partial charge in [0.2, 0.25) is 0 Å². The van der Waals surface area contributed by atoms with E-state index in [4.69, 9.17) is 11.6 Å². The molecule has 0 saturated heterocycles. The van der Waals surface area contributed by atoms with Crippen molar-refractivity contribution in [2.75, 3.05) is 0 Å². The molecule has 0 aliphatic rings. The van der Waals surface area contributed by atoms with Crippen LogP contribution in [-0.4, -0.2) is 21.7 Å². The Bertz CT molecular complexity index is 1130. The van der Waals surface area contributed by atoms with Crippen molar-refractivity contribution >= 4 is 39.1 Å². The summed E-state index contributed by atoms with van der Waals surface area (Å²) in [5.74, 6) is -0.0335. The van der Waals surface area contributed by atoms with E-state index in [1.165, 1.54) is 16.9 Å². The van der Waals surface area contributed by atoms with E-state index in [0.29, 0.717) is 9.90 Å². The Kier molecular flexibility index (Phi) is 5.69. The third kappa shape index (κ3) is 4.36. The first kappa shape index (κ1) is 19.7. The summed E-state index contributed by atoms with van der Waals surface area (Å²) in [6.45, 7) is 4.01. The lowest BCUT2D eigenvalue weighted by molar-refractivity contribution is 0.0942. The molecule has 29 heavy (non-hydrogen) atoms. The van der Waals surface area contributed by atoms with E-state index in [1.54, 1.807) is 0 Å². The van der Waals surface area contributed by atoms with Gasteiger partial charge in [0.1, 0.15) is 4.83 Å². The molecule has 1 N–H and O–H groups in total. The number of hydrogen-bond donors (Lipinski definition) is 1. The van der Waals surface area contributed by atoms with Crippen LogP contribution in [0.4, 0.5) is 0 Å². The van der Waals surface area contributed by atoms with Crippen molar-refractivity contribution in [2.45, 2.75) is 32.7 Å². The fourth-order valence-electron chi connectivity index (χ4n) is 3.31. The maximum Gasteiger partial charge on any atom is 0.261 e. The van der Waals surface area contributed by atoms with Crippen LogP contribution >= 0.6 is 22.9 Å². The maximum absolute atomic E-state index is 12.8. The van der Waals surface area contributed by atoms with Gasteiger partial charge in [0.05, 0.1) is 16.3 Å². The fraction of sp³-hybridized carbons (Fsp3) is 0.217. The van der Waals surface area contributed by atoms with Gasteiger partial charge in [-0.2, -0.15) is 5.10 Å². The molecular formula is C23H22ClN3OS. The van der Waals surface area contributed by atoms with Gasteiger partial charge in [-0.25, -0.2) is 4.68 Å². The summed E-state index contributed by atoms with van der Waals surface area (Å²) >= 11 is 7.47. The van der Waals surface area contributed by atoms with E-state index >= 15 is 0 Å². The second kappa shape index (κ2) is 8.39. The first-order chi connectivity index (χ1) is 14.0. The molecule has 4 nitrogen and oxygen atoms in total. The van der Waals surface area contributed by atoms with Gasteiger partial charge in [0.15, 0.2) is 0 Å². The van der Waals surface area contributed by atoms with Crippen LogP contribution in [-0.2, 0) is 6.42 Å². The first-order valence-corrected chi connectivity index (χ1v) is 10.8. The Morgan fingerprint density at radius 3 is 2.62 bits per heavy atom. The Balaban J connectivity index is 1.49. The molecule has 148 valence electrons. The zero-order valence-electron chi connectivity index (χ0n) is 16.4. The largest absolute Gasteiger partial charge is 0.349 e. The topological polar surface area (TPSA) is 46.9 Å². The third-order valence-corrected chi connectivity index (χ3v) is 6.29. The molecule has 4 rings (SSSR count). The van der Waals surface area contributed by atoms with E-state index in [2.05, 4.69) is 29.5 Å². The van der Waals surface area contributed by atoms with E-state index in [0.717, 1.165) is 34.4 Å². The van der Waals surface area contributed by atoms with Gasteiger partial charge in [-0.1, -0.05) is 41.9 Å². The number of thiophene rings is 1. The molecule has 0 radical (unpaired) electrons. The molecule has 2 aromatic carbocycles. The van der Waals surface area contributed by atoms with Crippen molar-refractivity contribution in [3.05, 3.63) is 81.8 Å². The SMILES string of the molecule is Cc1nn(-c2ccc(Cl)cc2)c2sc(C(=O)N[C@@H](C)CCc3ccccc3)cc12. The summed E-state index contributed by atoms with van der Waals surface area (Å²) in [4.78, 5) is 14.5. The lowest BCUT2D eigenvalue weighted by Gasteiger charge is -2.13. The number of nitrogens with one attached hydrogen (secondary N) is 1. The Morgan fingerprint density at radius 1 is 1.17 bits per heavy atom. The maximum atomic E-state index is 12.8. The van der Waals surface area contributed by atoms with Gasteiger partial charge in [-0.15, -0.1) is 11.3 Å². The number of amides is 1. The normalized spacial score (nSPS) is 12.2. The summed E-state index contributed by atoms with van der Waals surface area (Å²) in [5, 5.41) is 9.45. The van der Waals surface area contributed by atoms with E-state index in [1.807, 2.05) is 60.1 Å². The van der Waals surface area contributed by atoms with Crippen LogP contribution in [0.5, 0.6) is 0 Å². The number of hydrogen-bond acceptors (Lipinski definition) is 3. The molecule has 2 heterocycles. The standard InChI is InChI=1S/C23H22ClN3OS/c1-15(8-9-17-6-4-3-5-7-17)25-22(28)21-14-20-16(2)26-27(23(20)29-21)19-12-10-18(24)11-13-19/h3-7,10-15H,8-9H2,1-2H3,(H,25,28)/t15-/m0/s1. The molecule has 0 bridgehead atoms. The highest BCUT2D eigenvalue weighted by atomic mass is 35.5. The van der Waals surface area contributed by atoms with Crippen LogP contribution < -0.4 is 5.32 Å². The van der Waals surface area contributed by atoms with Crippen LogP contribution in [0.25, 0.3) is 15.9 Å². The summed E-state index contributed by atoms with van der Waals surface area (Å²) < 4.78 is 1.88. The second-order valence-corrected chi connectivity index (χ2v) is 8.67. The quantitative estimate of drug-likeness (QED) is 0.426. The molecule has 6 heteroatoms. The molecule has 0 aliphatic heterocycles. The molecule has 0 unspecified atom stereocenters. The van der Waals surface area contributed by atoms with Crippen molar-refractivity contribution in [1.29, 1.82) is 0 Å². The molecule has 1 amide bonds. The van der Waals surface area contributed by atoms with Crippen molar-refractivity contribution in [3.63, 3.8) is 0 Å². The highest BCUT2D eigenvalue weighted by molar-refractivity contribution is 7.20. The number of benzene rings is 2. The Hall–Kier alpha value is -2.63. The number of rotatable bonds is 6. The van der Waals surface area contributed by atoms with Crippen LogP contribution in [0.2, 0.25) is 5.02 Å². The van der Waals surface area contributed by atoms with Crippen LogP contribution in [0.3, 0.4) is 0 Å². The Morgan fingerprint density at radius 2 is 1.90 bits per heavy atom. The van der Waals surface area contributed by atoms with Gasteiger partial charge in [0.25, 0.3) is 5.91 Å². The number of carbonyl (C=O) groups excluding carboxylic acids is 1. The minimum Gasteiger partial charge on any atom is -0.349 e. The number of halogens is 1. The van der Waals surface area contributed by atoms with Gasteiger partial charge in [-0.05, 0) is 62.6 Å². The third-order valence-electron chi connectivity index (χ3n) is 4.93. The van der Waals surface area contributed by atoms with E-state index < -0.39 is 0 Å². The average Bonchev–Trinajstić information content (AvgIpc) is 3.29. The molecule has 0 spiro atoms. The van der Waals surface area contributed by atoms with Crippen molar-refractivity contribution in [1.82, 2.24) is 15.1 Å². The second-order valence-electron chi connectivity index (χ2n) is 7.20. The van der Waals surface area contributed by atoms with E-state index in [9.17, 15) is 4.79 Å². The lowest BCUT2D eigenvalue weighted by atomic mass is 10.1. The average molecular weight is 424 g/mol. The first-order valence-electron chi connectivity index (χ1n) is 9.61. The minimum absolute atomic E-state index is 0.0335. The number of aromatic nitrogens is 2. The smallest absolute Gasteiger partial charge is 0.261 e. The number of aryl methyl sites for hydroxylation is 2. The van der Waals surface area contributed by atoms with E-state index in [-0.39, 0.29) is 11.9 Å². The Labute approximate surface area is 179 Å². The fourth-order valence-corrected chi connectivity index (χ4v) is 4.52. The molecule has 0 saturated carbocycles. The highest BCUT2D eigenvalue weighted by Gasteiger charge is 2.18. The summed E-state index contributed by atoms with van der Waals surface area (Å²) in [7, 11) is 0. The zero-order valence-corrected chi connectivity index (χ0v) is 17.9. The van der Waals surface area contributed by atoms with Gasteiger partial charge in [-0.3, -0.25) is 4.79 Å². The van der Waals surface area contributed by atoms with Gasteiger partial charge in [0, 0.05) is 16.5 Å². The lowest BCUT2D eigenvalue weighted by Crippen LogP contribution is -2.32. The highest BCUT2D eigenvalue weighted by Crippen LogP contribution is 2.30. The molecule has 4 aromatic rings. The monoisotopic (exact) mass is 423 g/mol. The summed E-state index contributed by atoms with van der Waals surface area (Å²) in [6, 6.07) is 19.9. The summed E-state index contributed by atoms with van der Waals surface area (Å²) in [6.07, 6.45) is 1.84. The van der Waals surface area contributed by atoms with Gasteiger partial charge >= 0.3 is 0 Å². The summed E-state index contributed by atoms with van der Waals surface area (Å²) in [5.41, 5.74) is 3.12. The van der Waals surface area contributed by atoms with Gasteiger partial charge < -0.3 is 5.32 Å². The molecule has 0 aliphatic carbocycles. The zero-order chi connectivity index (χ0) is 20.4. The predicted octanol–water partition coefficient (Wildman–Crippen LogP) is 5.80. The van der Waals surface area contributed by atoms with Crippen molar-refractivity contribution in [2.24, 2.45) is 0 Å². The number of carbonyl (C=O) groups is 1. The number of nitrogens with zero attached hydrogens (tertiary/aromatic N) is 2. The van der Waals surface area contributed by atoms with Crippen LogP contribution in [0.15, 0.2) is 60.7 Å². The molecule has 0 fully saturated rings. The van der Waals surface area contributed by atoms with Crippen molar-refractivity contribution < 1.29 is 4.79 Å².